The van der Waals surface area contributed by atoms with E-state index in [4.69, 9.17) is 0 Å². The first-order valence-corrected chi connectivity index (χ1v) is 13.5. The van der Waals surface area contributed by atoms with Gasteiger partial charge in [-0.25, -0.2) is 14.4 Å². The Morgan fingerprint density at radius 1 is 1.26 bits per heavy atom. The number of likely N-dealkylation sites (tertiary alicyclic amines) is 1. The molecule has 8 nitrogen and oxygen atoms in total. The van der Waals surface area contributed by atoms with Crippen molar-refractivity contribution in [3.05, 3.63) is 41.6 Å². The summed E-state index contributed by atoms with van der Waals surface area (Å²) in [5.41, 5.74) is 4.41. The summed E-state index contributed by atoms with van der Waals surface area (Å²) < 4.78 is 14.4. The average Bonchev–Trinajstić information content (AvgIpc) is 3.32. The maximum Gasteiger partial charge on any atom is 0.244 e. The number of carbonyl (C=O) groups is 3. The third-order valence-electron chi connectivity index (χ3n) is 7.04. The molecule has 1 aliphatic rings. The SMILES string of the molecule is Cc1ccc(-c2cnc([C@H](C)CC(=O)N(CC(=O)N3CCCC[C@@H]3C)NC(=O)CCC(C)(C)C)[nH]2)c(F)c1. The summed E-state index contributed by atoms with van der Waals surface area (Å²) in [6.45, 7) is 12.3. The molecule has 3 rings (SSSR count). The maximum atomic E-state index is 14.4. The molecule has 1 saturated heterocycles. The number of piperidine rings is 1. The van der Waals surface area contributed by atoms with Gasteiger partial charge in [0.05, 0.1) is 11.9 Å². The van der Waals surface area contributed by atoms with Gasteiger partial charge in [0.15, 0.2) is 0 Å². The predicted octanol–water partition coefficient (Wildman–Crippen LogP) is 5.10. The normalized spacial score (nSPS) is 16.7. The van der Waals surface area contributed by atoms with E-state index in [1.165, 1.54) is 6.07 Å². The summed E-state index contributed by atoms with van der Waals surface area (Å²) in [6, 6.07) is 5.09. The molecule has 0 radical (unpaired) electrons. The van der Waals surface area contributed by atoms with Crippen LogP contribution in [0.5, 0.6) is 0 Å². The molecule has 1 aliphatic heterocycles. The van der Waals surface area contributed by atoms with Crippen LogP contribution in [0.3, 0.4) is 0 Å². The fraction of sp³-hybridized carbons (Fsp3) is 0.586. The molecule has 0 bridgehead atoms. The lowest BCUT2D eigenvalue weighted by molar-refractivity contribution is -0.148. The highest BCUT2D eigenvalue weighted by Crippen LogP contribution is 2.25. The van der Waals surface area contributed by atoms with E-state index < -0.39 is 0 Å². The molecular formula is C29H42FN5O3. The number of imidazole rings is 1. The third kappa shape index (κ3) is 8.13. The zero-order chi connectivity index (χ0) is 28.0. The van der Waals surface area contributed by atoms with Crippen molar-refractivity contribution in [2.75, 3.05) is 13.1 Å². The molecule has 0 aliphatic carbocycles. The molecule has 1 aromatic carbocycles. The Hall–Kier alpha value is -3.23. The molecule has 1 fully saturated rings. The van der Waals surface area contributed by atoms with E-state index in [2.05, 4.69) is 15.4 Å². The van der Waals surface area contributed by atoms with E-state index in [-0.39, 0.29) is 60.3 Å². The second-order valence-corrected chi connectivity index (χ2v) is 11.8. The van der Waals surface area contributed by atoms with Crippen LogP contribution < -0.4 is 5.43 Å². The van der Waals surface area contributed by atoms with Crippen LogP contribution >= 0.6 is 0 Å². The molecule has 38 heavy (non-hydrogen) atoms. The molecule has 1 aromatic heterocycles. The summed E-state index contributed by atoms with van der Waals surface area (Å²) >= 11 is 0. The highest BCUT2D eigenvalue weighted by Gasteiger charge is 2.29. The number of hydrogen-bond donors (Lipinski definition) is 2. The number of carbonyl (C=O) groups excluding carboxylic acids is 3. The van der Waals surface area contributed by atoms with Gasteiger partial charge < -0.3 is 9.88 Å². The Bertz CT molecular complexity index is 1140. The van der Waals surface area contributed by atoms with Crippen LogP contribution in [0.1, 0.15) is 90.4 Å². The van der Waals surface area contributed by atoms with Gasteiger partial charge in [-0.2, -0.15) is 0 Å². The van der Waals surface area contributed by atoms with Crippen LogP contribution in [0.2, 0.25) is 0 Å². The number of rotatable bonds is 8. The molecule has 0 unspecified atom stereocenters. The minimum atomic E-state index is -0.376. The van der Waals surface area contributed by atoms with Crippen LogP contribution in [0.25, 0.3) is 11.3 Å². The number of nitrogens with one attached hydrogen (secondary N) is 2. The van der Waals surface area contributed by atoms with Gasteiger partial charge in [-0.15, -0.1) is 0 Å². The number of aromatic nitrogens is 2. The minimum absolute atomic E-state index is 0.0196. The number of hydrazine groups is 1. The van der Waals surface area contributed by atoms with Crippen molar-refractivity contribution >= 4 is 17.7 Å². The molecule has 2 atom stereocenters. The van der Waals surface area contributed by atoms with Crippen molar-refractivity contribution in [3.63, 3.8) is 0 Å². The van der Waals surface area contributed by atoms with Gasteiger partial charge in [-0.05, 0) is 62.6 Å². The van der Waals surface area contributed by atoms with E-state index in [1.807, 2.05) is 47.6 Å². The second kappa shape index (κ2) is 12.5. The number of aromatic amines is 1. The lowest BCUT2D eigenvalue weighted by Crippen LogP contribution is -2.53. The summed E-state index contributed by atoms with van der Waals surface area (Å²) in [5.74, 6) is -1.01. The van der Waals surface area contributed by atoms with Gasteiger partial charge in [-0.3, -0.25) is 19.8 Å². The fourth-order valence-corrected chi connectivity index (χ4v) is 4.61. The Balaban J connectivity index is 1.71. The van der Waals surface area contributed by atoms with Crippen molar-refractivity contribution in [3.8, 4) is 11.3 Å². The Morgan fingerprint density at radius 2 is 2.00 bits per heavy atom. The zero-order valence-corrected chi connectivity index (χ0v) is 23.6. The lowest BCUT2D eigenvalue weighted by Gasteiger charge is -2.35. The third-order valence-corrected chi connectivity index (χ3v) is 7.04. The molecular weight excluding hydrogens is 485 g/mol. The largest absolute Gasteiger partial charge is 0.342 e. The molecule has 0 saturated carbocycles. The van der Waals surface area contributed by atoms with Crippen LogP contribution in [0, 0.1) is 18.2 Å². The molecule has 2 aromatic rings. The van der Waals surface area contributed by atoms with Crippen LogP contribution in [-0.4, -0.2) is 56.7 Å². The first-order chi connectivity index (χ1) is 17.8. The molecule has 0 spiro atoms. The topological polar surface area (TPSA) is 98.4 Å². The number of halogens is 1. The van der Waals surface area contributed by atoms with Gasteiger partial charge >= 0.3 is 0 Å². The number of aryl methyl sites for hydroxylation is 1. The Morgan fingerprint density at radius 3 is 2.66 bits per heavy atom. The van der Waals surface area contributed by atoms with Gasteiger partial charge in [-0.1, -0.05) is 33.8 Å². The van der Waals surface area contributed by atoms with Crippen molar-refractivity contribution in [1.29, 1.82) is 0 Å². The second-order valence-electron chi connectivity index (χ2n) is 11.8. The number of amides is 3. The first-order valence-electron chi connectivity index (χ1n) is 13.5. The van der Waals surface area contributed by atoms with Gasteiger partial charge in [0.2, 0.25) is 17.7 Å². The molecule has 2 heterocycles. The zero-order valence-electron chi connectivity index (χ0n) is 23.6. The maximum absolute atomic E-state index is 14.4. The molecule has 208 valence electrons. The summed E-state index contributed by atoms with van der Waals surface area (Å²) in [6.07, 6.45) is 5.41. The summed E-state index contributed by atoms with van der Waals surface area (Å²) in [5, 5.41) is 1.16. The van der Waals surface area contributed by atoms with Gasteiger partial charge in [0, 0.05) is 36.9 Å². The van der Waals surface area contributed by atoms with Crippen LogP contribution in [-0.2, 0) is 14.4 Å². The van der Waals surface area contributed by atoms with Crippen molar-refractivity contribution in [1.82, 2.24) is 25.3 Å². The number of nitrogens with zero attached hydrogens (tertiary/aromatic N) is 3. The highest BCUT2D eigenvalue weighted by molar-refractivity contribution is 5.87. The predicted molar refractivity (Wildman–Crippen MR) is 145 cm³/mol. The average molecular weight is 528 g/mol. The standard InChI is InChI=1S/C29H42FN5O3/c1-19-10-11-22(23(30)15-19)24-17-31-28(32-24)20(2)16-26(37)35(33-25(36)12-13-29(4,5)6)18-27(38)34-14-8-7-9-21(34)3/h10-11,15,17,20-21H,7-9,12-14,16,18H2,1-6H3,(H,31,32)(H,33,36)/t20-,21+/m1/s1. The number of benzene rings is 1. The fourth-order valence-electron chi connectivity index (χ4n) is 4.61. The van der Waals surface area contributed by atoms with E-state index in [0.29, 0.717) is 30.0 Å². The molecule has 3 amide bonds. The summed E-state index contributed by atoms with van der Waals surface area (Å²) in [7, 11) is 0. The molecule has 9 heteroatoms. The van der Waals surface area contributed by atoms with Gasteiger partial charge in [0.25, 0.3) is 0 Å². The monoisotopic (exact) mass is 527 g/mol. The van der Waals surface area contributed by atoms with E-state index in [0.717, 1.165) is 29.8 Å². The minimum Gasteiger partial charge on any atom is -0.342 e. The number of hydrogen-bond acceptors (Lipinski definition) is 4. The van der Waals surface area contributed by atoms with Crippen LogP contribution in [0.15, 0.2) is 24.4 Å². The Kier molecular flexibility index (Phi) is 9.68. The van der Waals surface area contributed by atoms with E-state index >= 15 is 0 Å². The van der Waals surface area contributed by atoms with Crippen molar-refractivity contribution < 1.29 is 18.8 Å². The smallest absolute Gasteiger partial charge is 0.244 e. The van der Waals surface area contributed by atoms with E-state index in [9.17, 15) is 18.8 Å². The van der Waals surface area contributed by atoms with E-state index in [1.54, 1.807) is 17.2 Å². The molecule has 2 N–H and O–H groups in total. The number of H-pyrrole nitrogens is 1. The quantitative estimate of drug-likeness (QED) is 0.467. The van der Waals surface area contributed by atoms with Gasteiger partial charge in [0.1, 0.15) is 18.2 Å². The Labute approximate surface area is 225 Å². The first kappa shape index (κ1) is 29.3. The van der Waals surface area contributed by atoms with Crippen molar-refractivity contribution in [2.24, 2.45) is 5.41 Å². The summed E-state index contributed by atoms with van der Waals surface area (Å²) in [4.78, 5) is 48.5. The van der Waals surface area contributed by atoms with Crippen LogP contribution in [0.4, 0.5) is 4.39 Å². The lowest BCUT2D eigenvalue weighted by atomic mass is 9.90. The highest BCUT2D eigenvalue weighted by atomic mass is 19.1. The van der Waals surface area contributed by atoms with Crippen molar-refractivity contribution in [2.45, 2.75) is 92.0 Å².